The third-order valence-electron chi connectivity index (χ3n) is 5.59. The Hall–Kier alpha value is -3.27. The maximum atomic E-state index is 13.3. The Kier molecular flexibility index (Phi) is 7.78. The first-order valence-corrected chi connectivity index (χ1v) is 14.8. The van der Waals surface area contributed by atoms with E-state index in [1.54, 1.807) is 23.6 Å². The Balaban J connectivity index is 1.30. The maximum absolute atomic E-state index is 13.3. The minimum atomic E-state index is -1.28. The lowest BCUT2D eigenvalue weighted by Crippen LogP contribution is -2.71. The highest BCUT2D eigenvalue weighted by molar-refractivity contribution is 8.01. The first kappa shape index (κ1) is 26.3. The average Bonchev–Trinajstić information content (AvgIpc) is 3.60. The van der Waals surface area contributed by atoms with Crippen molar-refractivity contribution in [2.75, 3.05) is 11.5 Å². The van der Waals surface area contributed by atoms with Crippen LogP contribution < -0.4 is 5.32 Å². The van der Waals surface area contributed by atoms with Crippen molar-refractivity contribution < 1.29 is 29.0 Å². The molecule has 0 aliphatic carbocycles. The van der Waals surface area contributed by atoms with Gasteiger partial charge >= 0.3 is 11.9 Å². The SMILES string of the molecule is Cc1nnc(SCC2=C(C(=O)O)N3C(=O)C(NC(=O)C(OC(=O)c4cccnc4)c4cccs4)[C@@H]3SC2)s1. The van der Waals surface area contributed by atoms with E-state index in [0.29, 0.717) is 26.3 Å². The number of aryl methyl sites for hydroxylation is 1. The van der Waals surface area contributed by atoms with Crippen molar-refractivity contribution in [2.45, 2.75) is 28.8 Å². The number of aliphatic carboxylic acids is 1. The van der Waals surface area contributed by atoms with E-state index < -0.39 is 41.3 Å². The highest BCUT2D eigenvalue weighted by Gasteiger charge is 2.54. The quantitative estimate of drug-likeness (QED) is 0.215. The number of ether oxygens (including phenoxy) is 1. The number of carboxylic acid groups (broad SMARTS) is 1. The molecular weight excluding hydrogens is 571 g/mol. The van der Waals surface area contributed by atoms with Gasteiger partial charge in [0.2, 0.25) is 6.10 Å². The van der Waals surface area contributed by atoms with Gasteiger partial charge in [-0.15, -0.1) is 33.3 Å². The number of hydrogen-bond acceptors (Lipinski definition) is 12. The molecule has 3 aromatic rings. The lowest BCUT2D eigenvalue weighted by Gasteiger charge is -2.49. The standard InChI is InChI=1S/C23H19N5O6S4/c1-11-26-27-23(38-11)37-10-13-9-36-20-15(19(30)28(20)16(13)21(31)32)25-18(29)17(14-5-3-7-35-14)34-22(33)12-4-2-6-24-8-12/h2-8,15,17,20H,9-10H2,1H3,(H,25,29)(H,31,32)/t15?,17?,20-/m0/s1. The molecule has 11 nitrogen and oxygen atoms in total. The number of hydrogen-bond donors (Lipinski definition) is 2. The van der Waals surface area contributed by atoms with Gasteiger partial charge in [0.05, 0.1) is 10.4 Å². The number of esters is 1. The van der Waals surface area contributed by atoms with Crippen LogP contribution in [0.2, 0.25) is 0 Å². The number of pyridine rings is 1. The molecule has 0 spiro atoms. The van der Waals surface area contributed by atoms with Crippen LogP contribution in [0.4, 0.5) is 0 Å². The van der Waals surface area contributed by atoms with Gasteiger partial charge in [0.15, 0.2) is 4.34 Å². The summed E-state index contributed by atoms with van der Waals surface area (Å²) in [6.45, 7) is 1.83. The highest BCUT2D eigenvalue weighted by Crippen LogP contribution is 2.42. The van der Waals surface area contributed by atoms with Crippen molar-refractivity contribution >= 4 is 70.0 Å². The summed E-state index contributed by atoms with van der Waals surface area (Å²) in [4.78, 5) is 56.7. The first-order valence-electron chi connectivity index (χ1n) is 11.1. The number of aromatic nitrogens is 3. The molecule has 2 amide bonds. The molecular formula is C23H19N5O6S4. The van der Waals surface area contributed by atoms with Gasteiger partial charge in [0, 0.05) is 23.9 Å². The molecule has 196 valence electrons. The number of thiophene rings is 1. The van der Waals surface area contributed by atoms with Crippen molar-refractivity contribution in [3.8, 4) is 0 Å². The van der Waals surface area contributed by atoms with Gasteiger partial charge in [-0.25, -0.2) is 9.59 Å². The lowest BCUT2D eigenvalue weighted by molar-refractivity contribution is -0.151. The van der Waals surface area contributed by atoms with Crippen molar-refractivity contribution in [3.63, 3.8) is 0 Å². The molecule has 0 bridgehead atoms. The van der Waals surface area contributed by atoms with Gasteiger partial charge in [-0.3, -0.25) is 19.5 Å². The van der Waals surface area contributed by atoms with Crippen LogP contribution in [0.15, 0.2) is 57.6 Å². The van der Waals surface area contributed by atoms with Crippen molar-refractivity contribution in [1.82, 2.24) is 25.4 Å². The third-order valence-corrected chi connectivity index (χ3v) is 9.90. The second kappa shape index (κ2) is 11.2. The molecule has 38 heavy (non-hydrogen) atoms. The van der Waals surface area contributed by atoms with Gasteiger partial charge in [-0.05, 0) is 36.1 Å². The molecule has 0 radical (unpaired) electrons. The zero-order valence-corrected chi connectivity index (χ0v) is 22.9. The van der Waals surface area contributed by atoms with Gasteiger partial charge in [0.25, 0.3) is 11.8 Å². The van der Waals surface area contributed by atoms with Gasteiger partial charge < -0.3 is 15.2 Å². The minimum absolute atomic E-state index is 0.0733. The summed E-state index contributed by atoms with van der Waals surface area (Å²) in [5.74, 6) is -2.43. The van der Waals surface area contributed by atoms with Crippen molar-refractivity contribution in [3.05, 3.63) is 68.8 Å². The molecule has 1 fully saturated rings. The van der Waals surface area contributed by atoms with E-state index in [9.17, 15) is 24.3 Å². The minimum Gasteiger partial charge on any atom is -0.477 e. The maximum Gasteiger partial charge on any atom is 0.352 e. The van der Waals surface area contributed by atoms with Crippen LogP contribution in [-0.2, 0) is 19.1 Å². The lowest BCUT2D eigenvalue weighted by atomic mass is 10.0. The highest BCUT2D eigenvalue weighted by atomic mass is 32.2. The van der Waals surface area contributed by atoms with E-state index in [1.165, 1.54) is 69.6 Å². The number of nitrogens with zero attached hydrogens (tertiary/aromatic N) is 4. The number of fused-ring (bicyclic) bond motifs is 1. The molecule has 15 heteroatoms. The third kappa shape index (κ3) is 5.32. The molecule has 1 saturated heterocycles. The number of rotatable bonds is 9. The van der Waals surface area contributed by atoms with E-state index in [1.807, 2.05) is 6.92 Å². The van der Waals surface area contributed by atoms with E-state index in [4.69, 9.17) is 4.74 Å². The van der Waals surface area contributed by atoms with Crippen LogP contribution in [-0.4, -0.2) is 71.9 Å². The van der Waals surface area contributed by atoms with Crippen molar-refractivity contribution in [2.24, 2.45) is 0 Å². The van der Waals surface area contributed by atoms with Crippen molar-refractivity contribution in [1.29, 1.82) is 0 Å². The molecule has 2 aliphatic heterocycles. The largest absolute Gasteiger partial charge is 0.477 e. The Morgan fingerprint density at radius 1 is 1.29 bits per heavy atom. The van der Waals surface area contributed by atoms with Crippen LogP contribution in [0.25, 0.3) is 0 Å². The Bertz CT molecular complexity index is 1410. The molecule has 0 aromatic carbocycles. The number of amides is 2. The monoisotopic (exact) mass is 589 g/mol. The molecule has 3 aromatic heterocycles. The summed E-state index contributed by atoms with van der Waals surface area (Å²) in [5.41, 5.74) is 0.702. The molecule has 3 atom stereocenters. The normalized spacial score (nSPS) is 19.4. The average molecular weight is 590 g/mol. The topological polar surface area (TPSA) is 152 Å². The molecule has 5 rings (SSSR count). The van der Waals surface area contributed by atoms with E-state index in [0.717, 1.165) is 5.01 Å². The second-order valence-corrected chi connectivity index (χ2v) is 12.6. The number of carboxylic acids is 1. The predicted molar refractivity (Wildman–Crippen MR) is 142 cm³/mol. The van der Waals surface area contributed by atoms with Crippen LogP contribution >= 0.6 is 46.2 Å². The Labute approximate surface area is 232 Å². The molecule has 2 unspecified atom stereocenters. The van der Waals surface area contributed by atoms with Crippen LogP contribution in [0.1, 0.15) is 26.3 Å². The Morgan fingerprint density at radius 2 is 2.13 bits per heavy atom. The number of nitrogens with one attached hydrogen (secondary N) is 1. The summed E-state index contributed by atoms with van der Waals surface area (Å²) in [6.07, 6.45) is 1.56. The van der Waals surface area contributed by atoms with Gasteiger partial charge in [-0.2, -0.15) is 0 Å². The first-order chi connectivity index (χ1) is 18.3. The molecule has 5 heterocycles. The fraction of sp³-hybridized carbons (Fsp3) is 0.261. The predicted octanol–water partition coefficient (Wildman–Crippen LogP) is 2.73. The number of β-lactam (4-membered cyclic amide) rings is 1. The summed E-state index contributed by atoms with van der Waals surface area (Å²) >= 11 is 5.37. The summed E-state index contributed by atoms with van der Waals surface area (Å²) in [7, 11) is 0. The zero-order chi connectivity index (χ0) is 26.8. The molecule has 0 saturated carbocycles. The summed E-state index contributed by atoms with van der Waals surface area (Å²) in [6, 6.07) is 5.52. The molecule has 2 N–H and O–H groups in total. The smallest absolute Gasteiger partial charge is 0.352 e. The van der Waals surface area contributed by atoms with E-state index in [2.05, 4.69) is 20.5 Å². The second-order valence-electron chi connectivity index (χ2n) is 8.07. The number of carbonyl (C=O) groups is 4. The number of thioether (sulfide) groups is 2. The fourth-order valence-corrected chi connectivity index (χ4v) is 7.90. The van der Waals surface area contributed by atoms with Gasteiger partial charge in [0.1, 0.15) is 22.1 Å². The molecule has 2 aliphatic rings. The summed E-state index contributed by atoms with van der Waals surface area (Å²) in [5, 5.41) is 22.5. The van der Waals surface area contributed by atoms with E-state index in [-0.39, 0.29) is 11.3 Å². The van der Waals surface area contributed by atoms with E-state index >= 15 is 0 Å². The van der Waals surface area contributed by atoms with Crippen LogP contribution in [0, 0.1) is 6.92 Å². The summed E-state index contributed by atoms with van der Waals surface area (Å²) < 4.78 is 6.22. The Morgan fingerprint density at radius 3 is 2.79 bits per heavy atom. The van der Waals surface area contributed by atoms with Crippen LogP contribution in [0.3, 0.4) is 0 Å². The number of carbonyl (C=O) groups excluding carboxylic acids is 3. The fourth-order valence-electron chi connectivity index (χ4n) is 3.85. The van der Waals surface area contributed by atoms with Crippen LogP contribution in [0.5, 0.6) is 0 Å². The van der Waals surface area contributed by atoms with Gasteiger partial charge in [-0.1, -0.05) is 29.2 Å². The zero-order valence-electron chi connectivity index (χ0n) is 19.6.